The van der Waals surface area contributed by atoms with E-state index in [1.807, 2.05) is 40.3 Å². The van der Waals surface area contributed by atoms with Crippen molar-refractivity contribution in [2.24, 2.45) is 0 Å². The third kappa shape index (κ3) is 4.16. The van der Waals surface area contributed by atoms with Crippen molar-refractivity contribution in [3.8, 4) is 22.2 Å². The molecule has 9 heteroatoms. The average molecular weight is 457 g/mol. The molecule has 162 valence electrons. The summed E-state index contributed by atoms with van der Waals surface area (Å²) in [4.78, 5) is 13.6. The maximum atomic E-state index is 12.6. The van der Waals surface area contributed by atoms with Crippen LogP contribution in [0.2, 0.25) is 0 Å². The smallest absolute Gasteiger partial charge is 0.251 e. The summed E-state index contributed by atoms with van der Waals surface area (Å²) < 4.78 is 14.3. The zero-order valence-electron chi connectivity index (χ0n) is 17.3. The van der Waals surface area contributed by atoms with Gasteiger partial charge in [-0.15, -0.1) is 21.5 Å². The maximum absolute atomic E-state index is 12.6. The molecule has 5 rings (SSSR count). The van der Waals surface area contributed by atoms with Crippen LogP contribution in [0.5, 0.6) is 11.5 Å². The van der Waals surface area contributed by atoms with Crippen molar-refractivity contribution in [1.29, 1.82) is 0 Å². The summed E-state index contributed by atoms with van der Waals surface area (Å²) in [5.74, 6) is 1.95. The minimum absolute atomic E-state index is 0.0976. The van der Waals surface area contributed by atoms with Crippen LogP contribution in [0.3, 0.4) is 0 Å². The van der Waals surface area contributed by atoms with E-state index in [2.05, 4.69) is 22.4 Å². The molecule has 0 atom stereocenters. The zero-order valence-corrected chi connectivity index (χ0v) is 18.9. The third-order valence-electron chi connectivity index (χ3n) is 5.54. The lowest BCUT2D eigenvalue weighted by Crippen LogP contribution is -2.40. The van der Waals surface area contributed by atoms with Crippen LogP contribution in [0.4, 0.5) is 5.69 Å². The van der Waals surface area contributed by atoms with E-state index in [-0.39, 0.29) is 11.7 Å². The second-order valence-electron chi connectivity index (χ2n) is 7.70. The molecule has 1 aliphatic heterocycles. The number of nitrogens with one attached hydrogen (secondary N) is 1. The molecule has 1 fully saturated rings. The first-order chi connectivity index (χ1) is 15.2. The number of amides is 1. The number of aromatic nitrogens is 3. The summed E-state index contributed by atoms with van der Waals surface area (Å²) in [6.07, 6.45) is 5.28. The van der Waals surface area contributed by atoms with E-state index in [1.165, 1.54) is 18.2 Å². The minimum atomic E-state index is -0.510. The number of carbonyl (C=O) groups excluding carboxylic acids is 1. The van der Waals surface area contributed by atoms with Gasteiger partial charge >= 0.3 is 0 Å². The molecule has 3 aromatic rings. The largest absolute Gasteiger partial charge is 0.448 e. The number of anilines is 1. The molecule has 1 amide bonds. The molecule has 0 radical (unpaired) electrons. The number of thioether (sulfide) groups is 1. The highest BCUT2D eigenvalue weighted by atomic mass is 32.2. The number of carbonyl (C=O) groups is 1. The number of hydrogen-bond acceptors (Lipinski definition) is 7. The van der Waals surface area contributed by atoms with Crippen molar-refractivity contribution in [1.82, 2.24) is 14.8 Å². The van der Waals surface area contributed by atoms with E-state index in [4.69, 9.17) is 9.47 Å². The summed E-state index contributed by atoms with van der Waals surface area (Å²) in [5, 5.41) is 14.3. The van der Waals surface area contributed by atoms with Gasteiger partial charge in [0.05, 0.1) is 10.6 Å². The Morgan fingerprint density at radius 2 is 2.03 bits per heavy atom. The lowest BCUT2D eigenvalue weighted by molar-refractivity contribution is -0.113. The van der Waals surface area contributed by atoms with Crippen molar-refractivity contribution in [2.45, 2.75) is 56.5 Å². The molecule has 0 unspecified atom stereocenters. The molecule has 7 nitrogen and oxygen atoms in total. The van der Waals surface area contributed by atoms with Gasteiger partial charge in [0.15, 0.2) is 22.5 Å². The third-order valence-corrected chi connectivity index (χ3v) is 7.37. The monoisotopic (exact) mass is 456 g/mol. The molecule has 0 saturated heterocycles. The molecule has 1 N–H and O–H groups in total. The molecule has 0 bridgehead atoms. The zero-order chi connectivity index (χ0) is 21.3. The summed E-state index contributed by atoms with van der Waals surface area (Å²) in [7, 11) is 0. The predicted octanol–water partition coefficient (Wildman–Crippen LogP) is 5.19. The van der Waals surface area contributed by atoms with Gasteiger partial charge in [0.25, 0.3) is 5.79 Å². The highest BCUT2D eigenvalue weighted by Gasteiger charge is 2.42. The van der Waals surface area contributed by atoms with Crippen LogP contribution < -0.4 is 14.8 Å². The molecular weight excluding hydrogens is 432 g/mol. The fourth-order valence-electron chi connectivity index (χ4n) is 4.06. The normalized spacial score (nSPS) is 16.5. The van der Waals surface area contributed by atoms with Crippen LogP contribution in [0.1, 0.15) is 39.0 Å². The van der Waals surface area contributed by atoms with Crippen LogP contribution >= 0.6 is 23.1 Å². The first-order valence-electron chi connectivity index (χ1n) is 10.6. The quantitative estimate of drug-likeness (QED) is 0.515. The number of nitrogens with zero attached hydrogens (tertiary/aromatic N) is 3. The Balaban J connectivity index is 1.21. The number of ether oxygens (including phenoxy) is 2. The molecule has 31 heavy (non-hydrogen) atoms. The van der Waals surface area contributed by atoms with E-state index < -0.39 is 5.79 Å². The first-order valence-corrected chi connectivity index (χ1v) is 12.4. The second kappa shape index (κ2) is 8.55. The molecule has 1 aliphatic carbocycles. The van der Waals surface area contributed by atoms with Crippen molar-refractivity contribution >= 4 is 34.7 Å². The second-order valence-corrected chi connectivity index (χ2v) is 9.59. The van der Waals surface area contributed by atoms with Gasteiger partial charge in [-0.1, -0.05) is 24.2 Å². The Morgan fingerprint density at radius 3 is 2.81 bits per heavy atom. The SMILES string of the molecule is CCn1c(SCC(=O)Nc2ccc3c(c2)OC2(CCCCC2)O3)nnc1-c1cccs1. The van der Waals surface area contributed by atoms with E-state index in [9.17, 15) is 4.79 Å². The van der Waals surface area contributed by atoms with Crippen LogP contribution in [0.15, 0.2) is 40.9 Å². The number of rotatable bonds is 6. The Labute approximate surface area is 189 Å². The highest BCUT2D eigenvalue weighted by molar-refractivity contribution is 7.99. The van der Waals surface area contributed by atoms with Gasteiger partial charge in [-0.3, -0.25) is 4.79 Å². The number of fused-ring (bicyclic) bond motifs is 1. The van der Waals surface area contributed by atoms with Gasteiger partial charge in [0.2, 0.25) is 5.91 Å². The Hall–Kier alpha value is -2.52. The molecule has 1 spiro atoms. The molecule has 3 heterocycles. The van der Waals surface area contributed by atoms with Gasteiger partial charge in [0, 0.05) is 31.1 Å². The topological polar surface area (TPSA) is 78.3 Å². The molecule has 2 aliphatic rings. The van der Waals surface area contributed by atoms with E-state index in [0.29, 0.717) is 11.4 Å². The van der Waals surface area contributed by atoms with Crippen LogP contribution in [-0.2, 0) is 11.3 Å². The van der Waals surface area contributed by atoms with E-state index in [0.717, 1.165) is 53.8 Å². The van der Waals surface area contributed by atoms with Gasteiger partial charge in [0.1, 0.15) is 0 Å². The summed E-state index contributed by atoms with van der Waals surface area (Å²) in [6.45, 7) is 2.80. The maximum Gasteiger partial charge on any atom is 0.251 e. The number of hydrogen-bond donors (Lipinski definition) is 1. The van der Waals surface area contributed by atoms with Gasteiger partial charge in [-0.25, -0.2) is 0 Å². The van der Waals surface area contributed by atoms with E-state index in [1.54, 1.807) is 11.3 Å². The summed E-state index contributed by atoms with van der Waals surface area (Å²) >= 11 is 3.01. The van der Waals surface area contributed by atoms with Crippen LogP contribution in [0.25, 0.3) is 10.7 Å². The fourth-order valence-corrected chi connectivity index (χ4v) is 5.58. The van der Waals surface area contributed by atoms with Crippen molar-refractivity contribution in [2.75, 3.05) is 11.1 Å². The standard InChI is InChI=1S/C22H24N4O3S2/c1-2-26-20(18-7-6-12-30-18)24-25-21(26)31-14-19(27)23-15-8-9-16-17(13-15)29-22(28-16)10-4-3-5-11-22/h6-9,12-13H,2-5,10-11,14H2,1H3,(H,23,27). The average Bonchev–Trinajstić information content (AvgIpc) is 3.50. The van der Waals surface area contributed by atoms with Crippen LogP contribution in [0, 0.1) is 0 Å². The predicted molar refractivity (Wildman–Crippen MR) is 122 cm³/mol. The van der Waals surface area contributed by atoms with Crippen molar-refractivity contribution < 1.29 is 14.3 Å². The summed E-state index contributed by atoms with van der Waals surface area (Å²) in [6, 6.07) is 9.61. The van der Waals surface area contributed by atoms with Crippen molar-refractivity contribution in [3.05, 3.63) is 35.7 Å². The first kappa shape index (κ1) is 20.4. The van der Waals surface area contributed by atoms with Gasteiger partial charge in [-0.2, -0.15) is 0 Å². The minimum Gasteiger partial charge on any atom is -0.448 e. The molecule has 1 saturated carbocycles. The van der Waals surface area contributed by atoms with Gasteiger partial charge in [-0.05, 0) is 43.3 Å². The number of benzene rings is 1. The summed E-state index contributed by atoms with van der Waals surface area (Å²) in [5.41, 5.74) is 0.706. The fraction of sp³-hybridized carbons (Fsp3) is 0.409. The molecular formula is C22H24N4O3S2. The number of thiophene rings is 1. The Morgan fingerprint density at radius 1 is 1.19 bits per heavy atom. The van der Waals surface area contributed by atoms with Gasteiger partial charge < -0.3 is 19.4 Å². The molecule has 1 aromatic carbocycles. The Kier molecular flexibility index (Phi) is 5.62. The van der Waals surface area contributed by atoms with Crippen LogP contribution in [-0.4, -0.2) is 32.2 Å². The highest BCUT2D eigenvalue weighted by Crippen LogP contribution is 2.46. The lowest BCUT2D eigenvalue weighted by Gasteiger charge is -2.31. The van der Waals surface area contributed by atoms with E-state index >= 15 is 0 Å². The lowest BCUT2D eigenvalue weighted by atomic mass is 9.94. The Bertz CT molecular complexity index is 1070. The molecule has 2 aromatic heterocycles. The van der Waals surface area contributed by atoms with Crippen molar-refractivity contribution in [3.63, 3.8) is 0 Å².